The van der Waals surface area contributed by atoms with Gasteiger partial charge in [-0.2, -0.15) is 13.2 Å². The van der Waals surface area contributed by atoms with Gasteiger partial charge in [0.05, 0.1) is 27.6 Å². The predicted octanol–water partition coefficient (Wildman–Crippen LogP) is 3.91. The molecule has 0 aliphatic carbocycles. The predicted molar refractivity (Wildman–Crippen MR) is 92.3 cm³/mol. The fraction of sp³-hybridized carbons (Fsp3) is 0.0588. The number of nitrogens with one attached hydrogen (secondary N) is 2. The molecule has 1 saturated heterocycles. The van der Waals surface area contributed by atoms with E-state index in [4.69, 9.17) is 11.6 Å². The van der Waals surface area contributed by atoms with Gasteiger partial charge in [-0.3, -0.25) is 15.1 Å². The molecule has 0 bridgehead atoms. The Kier molecular flexibility index (Phi) is 3.77. The van der Waals surface area contributed by atoms with Crippen LogP contribution >= 0.6 is 11.6 Å². The summed E-state index contributed by atoms with van der Waals surface area (Å²) in [4.78, 5) is 27.1. The summed E-state index contributed by atoms with van der Waals surface area (Å²) >= 11 is 6.18. The van der Waals surface area contributed by atoms with Crippen molar-refractivity contribution in [1.82, 2.24) is 10.9 Å². The highest BCUT2D eigenvalue weighted by Gasteiger charge is 2.38. The minimum absolute atomic E-state index is 0.0977. The molecule has 2 aliphatic rings. The molecule has 3 amide bonds. The lowest BCUT2D eigenvalue weighted by atomic mass is 10.1. The lowest BCUT2D eigenvalue weighted by Crippen LogP contribution is -2.30. The molecule has 0 unspecified atom stereocenters. The van der Waals surface area contributed by atoms with Crippen LogP contribution in [0.3, 0.4) is 0 Å². The van der Waals surface area contributed by atoms with Crippen LogP contribution < -0.4 is 20.7 Å². The molecular weight excluding hydrogens is 385 g/mol. The number of hydrazine groups is 1. The molecule has 0 saturated carbocycles. The van der Waals surface area contributed by atoms with Crippen LogP contribution in [0.2, 0.25) is 5.02 Å². The first-order valence-corrected chi connectivity index (χ1v) is 8.03. The van der Waals surface area contributed by atoms with Crippen molar-refractivity contribution in [3.05, 3.63) is 64.9 Å². The first-order valence-electron chi connectivity index (χ1n) is 7.65. The van der Waals surface area contributed by atoms with Gasteiger partial charge < -0.3 is 0 Å². The molecule has 2 aromatic carbocycles. The van der Waals surface area contributed by atoms with E-state index in [9.17, 15) is 22.8 Å². The van der Waals surface area contributed by atoms with E-state index in [2.05, 4.69) is 10.9 Å². The van der Waals surface area contributed by atoms with Crippen molar-refractivity contribution in [3.63, 3.8) is 0 Å². The maximum absolute atomic E-state index is 13.3. The van der Waals surface area contributed by atoms with Crippen LogP contribution in [0.4, 0.5) is 35.0 Å². The van der Waals surface area contributed by atoms with E-state index in [0.29, 0.717) is 0 Å². The van der Waals surface area contributed by atoms with Gasteiger partial charge >= 0.3 is 12.2 Å². The summed E-state index contributed by atoms with van der Waals surface area (Å²) in [6, 6.07) is 8.44. The summed E-state index contributed by atoms with van der Waals surface area (Å²) in [5, 5.41) is 0.173. The summed E-state index contributed by atoms with van der Waals surface area (Å²) in [6.07, 6.45) is -3.52. The maximum atomic E-state index is 13.3. The normalized spacial score (nSPS) is 16.2. The first kappa shape index (κ1) is 17.2. The van der Waals surface area contributed by atoms with Gasteiger partial charge in [0.25, 0.3) is 5.91 Å². The monoisotopic (exact) mass is 394 g/mol. The topological polar surface area (TPSA) is 64.7 Å². The summed E-state index contributed by atoms with van der Waals surface area (Å²) in [5.41, 5.74) is 4.07. The van der Waals surface area contributed by atoms with Crippen molar-refractivity contribution < 1.29 is 22.8 Å². The van der Waals surface area contributed by atoms with Crippen LogP contribution in [-0.2, 0) is 11.0 Å². The molecule has 0 atom stereocenters. The van der Waals surface area contributed by atoms with E-state index in [-0.39, 0.29) is 27.9 Å². The highest BCUT2D eigenvalue weighted by molar-refractivity contribution is 6.34. The quantitative estimate of drug-likeness (QED) is 0.770. The molecule has 0 radical (unpaired) electrons. The zero-order valence-electron chi connectivity index (χ0n) is 13.3. The Morgan fingerprint density at radius 3 is 2.33 bits per heavy atom. The number of para-hydroxylation sites is 1. The van der Waals surface area contributed by atoms with Gasteiger partial charge in [0.1, 0.15) is 5.82 Å². The molecule has 2 heterocycles. The van der Waals surface area contributed by atoms with Crippen molar-refractivity contribution in [2.75, 3.05) is 9.80 Å². The zero-order chi connectivity index (χ0) is 19.3. The molecule has 0 spiro atoms. The molecule has 2 N–H and O–H groups in total. The minimum Gasteiger partial charge on any atom is -0.281 e. The molecule has 2 aromatic rings. The van der Waals surface area contributed by atoms with E-state index in [1.54, 1.807) is 12.1 Å². The second-order valence-electron chi connectivity index (χ2n) is 5.75. The maximum Gasteiger partial charge on any atom is 0.416 e. The molecule has 2 aliphatic heterocycles. The lowest BCUT2D eigenvalue weighted by Gasteiger charge is -2.26. The van der Waals surface area contributed by atoms with E-state index in [0.717, 1.165) is 34.1 Å². The fourth-order valence-corrected chi connectivity index (χ4v) is 3.15. The largest absolute Gasteiger partial charge is 0.416 e. The number of alkyl halides is 3. The Bertz CT molecular complexity index is 1010. The molecule has 138 valence electrons. The Labute approximate surface area is 155 Å². The summed E-state index contributed by atoms with van der Waals surface area (Å²) in [7, 11) is 0. The number of halogens is 4. The van der Waals surface area contributed by atoms with Crippen LogP contribution in [0, 0.1) is 0 Å². The first-order chi connectivity index (χ1) is 12.8. The smallest absolute Gasteiger partial charge is 0.281 e. The molecule has 0 aromatic heterocycles. The third-order valence-corrected chi connectivity index (χ3v) is 4.42. The summed E-state index contributed by atoms with van der Waals surface area (Å²) in [6.45, 7) is 0. The second kappa shape index (κ2) is 5.92. The van der Waals surface area contributed by atoms with Gasteiger partial charge in [-0.15, -0.1) is 0 Å². The van der Waals surface area contributed by atoms with E-state index in [1.165, 1.54) is 12.1 Å². The third-order valence-electron chi connectivity index (χ3n) is 4.10. The van der Waals surface area contributed by atoms with Crippen molar-refractivity contribution in [3.8, 4) is 0 Å². The standard InChI is InChI=1S/C17H10ClF3N4O2/c18-10-3-1-2-4-11(10)24-13-7-9(17(19,20)21)5-6-12(13)25-14(8-15(24)26)22-23-16(25)27/h1-8,22H,(H,23,27). The summed E-state index contributed by atoms with van der Waals surface area (Å²) < 4.78 is 39.8. The number of hydrogen-bond donors (Lipinski definition) is 2. The van der Waals surface area contributed by atoms with Gasteiger partial charge in [-0.25, -0.2) is 15.1 Å². The highest BCUT2D eigenvalue weighted by Crippen LogP contribution is 2.44. The van der Waals surface area contributed by atoms with Crippen molar-refractivity contribution in [2.24, 2.45) is 0 Å². The van der Waals surface area contributed by atoms with Gasteiger partial charge in [-0.1, -0.05) is 23.7 Å². The Morgan fingerprint density at radius 1 is 0.889 bits per heavy atom. The Hall–Kier alpha value is -3.20. The number of urea groups is 1. The van der Waals surface area contributed by atoms with Crippen molar-refractivity contribution >= 4 is 40.6 Å². The average molecular weight is 395 g/mol. The van der Waals surface area contributed by atoms with Crippen LogP contribution in [-0.4, -0.2) is 11.9 Å². The fourth-order valence-electron chi connectivity index (χ4n) is 2.93. The SMILES string of the molecule is O=C1NNC2=CC(=O)N(c3ccccc3Cl)c3cc(C(F)(F)F)ccc3N12. The zero-order valence-corrected chi connectivity index (χ0v) is 14.1. The summed E-state index contributed by atoms with van der Waals surface area (Å²) in [5.74, 6) is -0.564. The number of hydrogen-bond acceptors (Lipinski definition) is 3. The molecule has 6 nitrogen and oxygen atoms in total. The number of nitrogens with zero attached hydrogens (tertiary/aromatic N) is 2. The number of amides is 3. The number of benzene rings is 2. The molecule has 10 heteroatoms. The van der Waals surface area contributed by atoms with Gasteiger partial charge in [0, 0.05) is 6.08 Å². The highest BCUT2D eigenvalue weighted by atomic mass is 35.5. The number of carbonyl (C=O) groups is 2. The number of fused-ring (bicyclic) bond motifs is 3. The van der Waals surface area contributed by atoms with Gasteiger partial charge in [0.15, 0.2) is 0 Å². The van der Waals surface area contributed by atoms with Crippen LogP contribution in [0.25, 0.3) is 0 Å². The molecular formula is C17H10ClF3N4O2. The van der Waals surface area contributed by atoms with E-state index in [1.807, 2.05) is 0 Å². The van der Waals surface area contributed by atoms with E-state index < -0.39 is 23.7 Å². The molecule has 27 heavy (non-hydrogen) atoms. The van der Waals surface area contributed by atoms with Gasteiger partial charge in [0.2, 0.25) is 0 Å². The number of carbonyl (C=O) groups excluding carboxylic acids is 2. The van der Waals surface area contributed by atoms with E-state index >= 15 is 0 Å². The van der Waals surface area contributed by atoms with Gasteiger partial charge in [-0.05, 0) is 30.3 Å². The minimum atomic E-state index is -4.63. The van der Waals surface area contributed by atoms with Crippen LogP contribution in [0.1, 0.15) is 5.56 Å². The molecule has 1 fully saturated rings. The average Bonchev–Trinajstić information content (AvgIpc) is 2.90. The number of rotatable bonds is 1. The van der Waals surface area contributed by atoms with Crippen molar-refractivity contribution in [1.29, 1.82) is 0 Å². The second-order valence-corrected chi connectivity index (χ2v) is 6.15. The Morgan fingerprint density at radius 2 is 1.63 bits per heavy atom. The lowest BCUT2D eigenvalue weighted by molar-refractivity contribution is -0.137. The number of anilines is 3. The van der Waals surface area contributed by atoms with Crippen LogP contribution in [0.15, 0.2) is 54.4 Å². The van der Waals surface area contributed by atoms with Crippen molar-refractivity contribution in [2.45, 2.75) is 6.18 Å². The molecule has 4 rings (SSSR count). The Balaban J connectivity index is 2.01. The third kappa shape index (κ3) is 2.76. The van der Waals surface area contributed by atoms with Crippen LogP contribution in [0.5, 0.6) is 0 Å².